The molecule has 1 fully saturated rings. The van der Waals surface area contributed by atoms with E-state index in [2.05, 4.69) is 25.8 Å². The number of hydrogen-bond donors (Lipinski definition) is 4. The zero-order chi connectivity index (χ0) is 39.7. The highest BCUT2D eigenvalue weighted by Crippen LogP contribution is 2.37. The molecule has 3 aromatic rings. The summed E-state index contributed by atoms with van der Waals surface area (Å²) in [5, 5.41) is 8.92. The molecule has 3 heterocycles. The van der Waals surface area contributed by atoms with E-state index in [4.69, 9.17) is 27.9 Å². The molecule has 2 aliphatic rings. The Morgan fingerprint density at radius 3 is 2.26 bits per heavy atom. The largest absolute Gasteiger partial charge is 0.444 e. The van der Waals surface area contributed by atoms with Crippen LogP contribution in [0.25, 0.3) is 11.6 Å². The van der Waals surface area contributed by atoms with Gasteiger partial charge in [0, 0.05) is 77.5 Å². The Morgan fingerprint density at radius 1 is 0.981 bits per heavy atom. The fourth-order valence-electron chi connectivity index (χ4n) is 6.45. The number of hydrogen-bond acceptors (Lipinski definition) is 8. The molecule has 0 aliphatic carbocycles. The van der Waals surface area contributed by atoms with Crippen molar-refractivity contribution < 1.29 is 32.3 Å². The van der Waals surface area contributed by atoms with Crippen molar-refractivity contribution in [3.63, 3.8) is 0 Å². The third kappa shape index (κ3) is 9.28. The van der Waals surface area contributed by atoms with Gasteiger partial charge >= 0.3 is 6.09 Å². The number of alkyl carbamates (subject to hydrolysis) is 1. The number of nitrogens with one attached hydrogen (secondary N) is 4. The fourth-order valence-corrected chi connectivity index (χ4v) is 8.57. The monoisotopic (exact) mass is 800 g/mol. The van der Waals surface area contributed by atoms with Gasteiger partial charge in [0.05, 0.1) is 21.8 Å². The van der Waals surface area contributed by atoms with Gasteiger partial charge in [0.2, 0.25) is 5.91 Å². The summed E-state index contributed by atoms with van der Waals surface area (Å²) in [6.07, 6.45) is 0.965. The third-order valence-electron chi connectivity index (χ3n) is 9.24. The fraction of sp³-hybridized carbons (Fsp3) is 0.421. The van der Waals surface area contributed by atoms with E-state index in [1.165, 1.54) is 12.1 Å². The molecule has 0 atom stereocenters. The summed E-state index contributed by atoms with van der Waals surface area (Å²) < 4.78 is 32.2. The number of ether oxygens (including phenoxy) is 1. The minimum absolute atomic E-state index is 0.00569. The predicted octanol–water partition coefficient (Wildman–Crippen LogP) is 5.58. The second-order valence-corrected chi connectivity index (χ2v) is 17.8. The molecular weight excluding hydrogens is 755 g/mol. The number of H-pyrrole nitrogens is 1. The standard InChI is InChI=1S/C38H46Cl2N6O7S/c1-22-31(20-26-25-19-24(11-12-30(25)43-33(26)47)54(51,52)21-27-28(39)9-8-10-29(27)40)42-23(2)32(22)34(48)41-13-14-45-15-17-46(18-16-45)35(49)38(6,7)44-36(50)53-37(3,4)5/h8-12,19-20,42H,13-18,21H2,1-7H3,(H,41,48)(H,43,47)(H,44,50)/b26-20-. The molecule has 5 rings (SSSR count). The van der Waals surface area contributed by atoms with E-state index in [9.17, 15) is 27.6 Å². The number of benzene rings is 2. The summed E-state index contributed by atoms with van der Waals surface area (Å²) >= 11 is 12.5. The lowest BCUT2D eigenvalue weighted by atomic mass is 10.0. The Hall–Kier alpha value is -4.37. The first-order valence-corrected chi connectivity index (χ1v) is 19.9. The van der Waals surface area contributed by atoms with Gasteiger partial charge in [-0.05, 0) is 90.4 Å². The Kier molecular flexibility index (Phi) is 11.9. The maximum absolute atomic E-state index is 13.4. The molecule has 13 nitrogen and oxygen atoms in total. The number of sulfone groups is 1. The molecule has 1 aromatic heterocycles. The van der Waals surface area contributed by atoms with Crippen LogP contribution < -0.4 is 16.0 Å². The van der Waals surface area contributed by atoms with Crippen LogP contribution in [0.1, 0.15) is 73.1 Å². The lowest BCUT2D eigenvalue weighted by Gasteiger charge is -2.38. The number of aromatic nitrogens is 1. The number of aromatic amines is 1. The van der Waals surface area contributed by atoms with Gasteiger partial charge in [0.15, 0.2) is 9.84 Å². The van der Waals surface area contributed by atoms with Gasteiger partial charge in [-0.15, -0.1) is 0 Å². The number of rotatable bonds is 10. The molecule has 2 aliphatic heterocycles. The molecular formula is C38H46Cl2N6O7S. The summed E-state index contributed by atoms with van der Waals surface area (Å²) in [6, 6.07) is 9.22. The van der Waals surface area contributed by atoms with Gasteiger partial charge in [-0.2, -0.15) is 0 Å². The van der Waals surface area contributed by atoms with Crippen molar-refractivity contribution in [1.82, 2.24) is 25.4 Å². The minimum atomic E-state index is -3.89. The van der Waals surface area contributed by atoms with E-state index in [-0.39, 0.29) is 32.3 Å². The van der Waals surface area contributed by atoms with Gasteiger partial charge in [-0.1, -0.05) is 29.3 Å². The van der Waals surface area contributed by atoms with Gasteiger partial charge < -0.3 is 30.6 Å². The summed E-state index contributed by atoms with van der Waals surface area (Å²) in [5.74, 6) is -1.30. The topological polar surface area (TPSA) is 170 Å². The first kappa shape index (κ1) is 40.8. The number of nitrogens with zero attached hydrogens (tertiary/aromatic N) is 2. The maximum atomic E-state index is 13.4. The molecule has 0 radical (unpaired) electrons. The van der Waals surface area contributed by atoms with Crippen molar-refractivity contribution in [1.29, 1.82) is 0 Å². The highest BCUT2D eigenvalue weighted by Gasteiger charge is 2.36. The van der Waals surface area contributed by atoms with Crippen LogP contribution in [-0.2, 0) is 29.9 Å². The van der Waals surface area contributed by atoms with E-state index in [1.807, 2.05) is 0 Å². The lowest BCUT2D eigenvalue weighted by molar-refractivity contribution is -0.138. The minimum Gasteiger partial charge on any atom is -0.444 e. The van der Waals surface area contributed by atoms with Crippen LogP contribution in [0.5, 0.6) is 0 Å². The summed E-state index contributed by atoms with van der Waals surface area (Å²) in [6.45, 7) is 15.2. The molecule has 4 amide bonds. The highest BCUT2D eigenvalue weighted by molar-refractivity contribution is 7.90. The molecule has 0 unspecified atom stereocenters. The molecule has 4 N–H and O–H groups in total. The SMILES string of the molecule is Cc1[nH]c(/C=C2\C(=O)Nc3ccc(S(=O)(=O)Cc4c(Cl)cccc4Cl)cc32)c(C)c1C(=O)NCCN1CCN(C(=O)C(C)(C)NC(=O)OC(C)(C)C)CC1. The van der Waals surface area contributed by atoms with Crippen molar-refractivity contribution in [2.75, 3.05) is 44.6 Å². The predicted molar refractivity (Wildman–Crippen MR) is 209 cm³/mol. The van der Waals surface area contributed by atoms with Crippen LogP contribution in [0.2, 0.25) is 10.0 Å². The van der Waals surface area contributed by atoms with E-state index in [0.717, 1.165) is 0 Å². The number of carbonyl (C=O) groups is 4. The molecule has 1 saturated heterocycles. The molecule has 0 spiro atoms. The van der Waals surface area contributed by atoms with Gasteiger partial charge in [-0.25, -0.2) is 13.2 Å². The summed E-state index contributed by atoms with van der Waals surface area (Å²) in [5.41, 5.74) is 1.82. The zero-order valence-corrected chi connectivity index (χ0v) is 33.7. The van der Waals surface area contributed by atoms with Crippen LogP contribution >= 0.6 is 23.2 Å². The Labute approximate surface area is 325 Å². The van der Waals surface area contributed by atoms with Crippen LogP contribution in [-0.4, -0.2) is 97.4 Å². The number of halogens is 2. The number of carbonyl (C=O) groups excluding carboxylic acids is 4. The van der Waals surface area contributed by atoms with Crippen molar-refractivity contribution in [2.45, 2.75) is 70.3 Å². The average molecular weight is 802 g/mol. The van der Waals surface area contributed by atoms with Crippen LogP contribution in [0, 0.1) is 13.8 Å². The molecule has 290 valence electrons. The van der Waals surface area contributed by atoms with E-state index >= 15 is 0 Å². The summed E-state index contributed by atoms with van der Waals surface area (Å²) in [7, 11) is -3.89. The molecule has 0 saturated carbocycles. The number of aryl methyl sites for hydroxylation is 1. The number of fused-ring (bicyclic) bond motifs is 1. The lowest BCUT2D eigenvalue weighted by Crippen LogP contribution is -2.60. The average Bonchev–Trinajstić information content (AvgIpc) is 3.54. The van der Waals surface area contributed by atoms with Crippen LogP contribution in [0.4, 0.5) is 10.5 Å². The molecule has 16 heteroatoms. The molecule has 2 aromatic carbocycles. The zero-order valence-electron chi connectivity index (χ0n) is 31.4. The van der Waals surface area contributed by atoms with Crippen molar-refractivity contribution in [2.24, 2.45) is 0 Å². The van der Waals surface area contributed by atoms with Gasteiger partial charge in [0.1, 0.15) is 11.1 Å². The second-order valence-electron chi connectivity index (χ2n) is 15.0. The van der Waals surface area contributed by atoms with Gasteiger partial charge in [-0.3, -0.25) is 19.3 Å². The third-order valence-corrected chi connectivity index (χ3v) is 11.6. The smallest absolute Gasteiger partial charge is 0.408 e. The first-order chi connectivity index (χ1) is 25.2. The maximum Gasteiger partial charge on any atom is 0.408 e. The molecule has 0 bridgehead atoms. The summed E-state index contributed by atoms with van der Waals surface area (Å²) in [4.78, 5) is 59.0. The Morgan fingerprint density at radius 2 is 1.63 bits per heavy atom. The second kappa shape index (κ2) is 15.8. The van der Waals surface area contributed by atoms with Crippen LogP contribution in [0.3, 0.4) is 0 Å². The van der Waals surface area contributed by atoms with Crippen molar-refractivity contribution in [3.05, 3.63) is 80.1 Å². The highest BCUT2D eigenvalue weighted by atomic mass is 35.5. The Balaban J connectivity index is 1.20. The number of piperazine rings is 1. The van der Waals surface area contributed by atoms with Crippen molar-refractivity contribution >= 4 is 74.2 Å². The van der Waals surface area contributed by atoms with Crippen molar-refractivity contribution in [3.8, 4) is 0 Å². The number of anilines is 1. The van der Waals surface area contributed by atoms with E-state index in [0.29, 0.717) is 78.6 Å². The number of amides is 4. The molecule has 54 heavy (non-hydrogen) atoms. The Bertz CT molecular complexity index is 2110. The van der Waals surface area contributed by atoms with E-state index < -0.39 is 38.7 Å². The van der Waals surface area contributed by atoms with Gasteiger partial charge in [0.25, 0.3) is 11.8 Å². The quantitative estimate of drug-likeness (QED) is 0.193. The normalized spacial score (nSPS) is 15.9. The van der Waals surface area contributed by atoms with Crippen LogP contribution in [0.15, 0.2) is 41.3 Å². The van der Waals surface area contributed by atoms with E-state index in [1.54, 1.807) is 83.7 Å². The first-order valence-electron chi connectivity index (χ1n) is 17.5.